The maximum absolute atomic E-state index is 10.9. The van der Waals surface area contributed by atoms with E-state index in [2.05, 4.69) is 41.5 Å². The molecule has 6 heterocycles. The number of rotatable bonds is 3. The van der Waals surface area contributed by atoms with Crippen molar-refractivity contribution in [2.75, 3.05) is 5.73 Å². The van der Waals surface area contributed by atoms with Crippen molar-refractivity contribution in [2.24, 2.45) is 0 Å². The number of hydrogen-bond donors (Lipinski definition) is 4. The number of carbonyl (C=O) groups excluding carboxylic acids is 8. The lowest BCUT2D eigenvalue weighted by molar-refractivity contribution is -0.385. The Bertz CT molecular complexity index is 2140. The number of pyridine rings is 3. The van der Waals surface area contributed by atoms with Crippen LogP contribution in [0.5, 0.6) is 0 Å². The molecule has 6 aromatic rings. The van der Waals surface area contributed by atoms with E-state index in [0.717, 1.165) is 50.1 Å². The monoisotopic (exact) mass is 722 g/mol. The third-order valence-electron chi connectivity index (χ3n) is 5.54. The van der Waals surface area contributed by atoms with Crippen molar-refractivity contribution in [2.45, 2.75) is 41.0 Å². The normalized spacial score (nSPS) is 8.90. The highest BCUT2D eigenvalue weighted by atomic mass is 35.5. The molecule has 0 spiro atoms. The molecule has 266 valence electrons. The van der Waals surface area contributed by atoms with Gasteiger partial charge in [-0.05, 0) is 75.2 Å². The van der Waals surface area contributed by atoms with E-state index >= 15 is 0 Å². The smallest absolute Gasteiger partial charge is 0.373 e. The van der Waals surface area contributed by atoms with E-state index in [1.54, 1.807) is 19.3 Å². The molecule has 6 aromatic heterocycles. The third kappa shape index (κ3) is 17.7. The highest BCUT2D eigenvalue weighted by Crippen LogP contribution is 2.18. The van der Waals surface area contributed by atoms with Crippen molar-refractivity contribution in [1.29, 1.82) is 0 Å². The van der Waals surface area contributed by atoms with Crippen LogP contribution in [0.1, 0.15) is 36.5 Å². The first-order chi connectivity index (χ1) is 24.0. The van der Waals surface area contributed by atoms with E-state index in [9.17, 15) is 19.7 Å². The number of nitro groups is 1. The second kappa shape index (κ2) is 23.4. The molecule has 0 fully saturated rings. The number of ketones is 1. The number of nitrogens with two attached hydrogens (primary N) is 1. The van der Waals surface area contributed by atoms with Gasteiger partial charge in [-0.25, -0.2) is 15.0 Å². The molecule has 5 N–H and O–H groups in total. The van der Waals surface area contributed by atoms with Gasteiger partial charge in [0.15, 0.2) is 0 Å². The molecule has 0 bridgehead atoms. The summed E-state index contributed by atoms with van der Waals surface area (Å²) in [5.41, 5.74) is 12.9. The Kier molecular flexibility index (Phi) is 20.2. The van der Waals surface area contributed by atoms with Gasteiger partial charge in [0, 0.05) is 58.8 Å². The van der Waals surface area contributed by atoms with Gasteiger partial charge in [-0.3, -0.25) is 19.7 Å². The third-order valence-corrected chi connectivity index (χ3v) is 5.54. The van der Waals surface area contributed by atoms with Crippen molar-refractivity contribution in [1.82, 2.24) is 29.9 Å². The minimum atomic E-state index is -0.450. The van der Waals surface area contributed by atoms with Gasteiger partial charge in [0.05, 0.1) is 16.8 Å². The zero-order valence-electron chi connectivity index (χ0n) is 27.7. The van der Waals surface area contributed by atoms with Gasteiger partial charge < -0.3 is 20.7 Å². The second-order valence-electron chi connectivity index (χ2n) is 9.83. The maximum Gasteiger partial charge on any atom is 0.373 e. The Morgan fingerprint density at radius 3 is 1.45 bits per heavy atom. The Labute approximate surface area is 293 Å². The summed E-state index contributed by atoms with van der Waals surface area (Å²) in [5.74, 6) is 0.165. The van der Waals surface area contributed by atoms with Crippen LogP contribution in [0, 0.1) is 30.9 Å². The zero-order valence-corrected chi connectivity index (χ0v) is 28.5. The van der Waals surface area contributed by atoms with Crippen LogP contribution < -0.4 is 5.73 Å². The number of fused-ring (bicyclic) bond motifs is 3. The maximum atomic E-state index is 10.9. The molecule has 0 saturated heterocycles. The van der Waals surface area contributed by atoms with E-state index in [0.29, 0.717) is 17.8 Å². The van der Waals surface area contributed by atoms with E-state index in [4.69, 9.17) is 34.5 Å². The van der Waals surface area contributed by atoms with Crippen molar-refractivity contribution >= 4 is 85.6 Å². The first kappa shape index (κ1) is 44.0. The highest BCUT2D eigenvalue weighted by Gasteiger charge is 2.08. The fraction of sp³-hybridized carbons (Fsp3) is 0.188. The largest absolute Gasteiger partial charge is 0.397 e. The number of aromatic nitrogens is 6. The molecule has 0 aliphatic rings. The van der Waals surface area contributed by atoms with Gasteiger partial charge in [-0.15, -0.1) is 0 Å². The molecule has 51 heavy (non-hydrogen) atoms. The molecular formula is C32H31ClN8O10. The van der Waals surface area contributed by atoms with Gasteiger partial charge in [0.25, 0.3) is 5.69 Å². The number of aromatic amines is 3. The summed E-state index contributed by atoms with van der Waals surface area (Å²) in [5, 5.41) is 13.0. The average Bonchev–Trinajstić information content (AvgIpc) is 3.71. The number of nitrogens with zero attached hydrogens (tertiary/aromatic N) is 4. The first-order valence-electron chi connectivity index (χ1n) is 13.9. The molecule has 0 aromatic carbocycles. The quantitative estimate of drug-likeness (QED) is 0.113. The number of H-pyrrole nitrogens is 3. The predicted octanol–water partition coefficient (Wildman–Crippen LogP) is 4.26. The van der Waals surface area contributed by atoms with Crippen LogP contribution in [0.4, 0.5) is 11.4 Å². The molecule has 0 aliphatic heterocycles. The van der Waals surface area contributed by atoms with Gasteiger partial charge >= 0.3 is 18.5 Å². The fourth-order valence-corrected chi connectivity index (χ4v) is 3.99. The van der Waals surface area contributed by atoms with Gasteiger partial charge in [0.2, 0.25) is 5.24 Å². The number of carbonyl (C=O) groups is 2. The molecule has 0 radical (unpaired) electrons. The number of anilines is 1. The lowest BCUT2D eigenvalue weighted by Gasteiger charge is -1.96. The van der Waals surface area contributed by atoms with Crippen LogP contribution in [0.15, 0.2) is 55.0 Å². The van der Waals surface area contributed by atoms with Crippen molar-refractivity contribution in [3.8, 4) is 0 Å². The first-order valence-corrected chi connectivity index (χ1v) is 14.3. The summed E-state index contributed by atoms with van der Waals surface area (Å²) >= 11 is 4.64. The van der Waals surface area contributed by atoms with Crippen molar-refractivity contribution < 1.29 is 43.3 Å². The van der Waals surface area contributed by atoms with Gasteiger partial charge in [0.1, 0.15) is 28.9 Å². The summed E-state index contributed by atoms with van der Waals surface area (Å²) < 4.78 is 0. The number of Topliss-reactive ketones (excluding diaryl/α,β-unsaturated/α-hetero) is 1. The van der Waals surface area contributed by atoms with Crippen LogP contribution in [0.25, 0.3) is 33.1 Å². The SMILES string of the molecule is CC(=O)Cc1cnc2[nH]c(C)cc2c1.CC(=O)Cl.Cc1cc2cc(N)cnc2[nH]1.Cc1cc2cc([N+](=O)[O-])cnc2[nH]1.O=C=O.O=C=O.O=C=O. The lowest BCUT2D eigenvalue weighted by atomic mass is 10.1. The molecule has 0 saturated carbocycles. The molecule has 6 rings (SSSR count). The van der Waals surface area contributed by atoms with E-state index in [-0.39, 0.29) is 35.2 Å². The minimum absolute atomic E-state index is 0.0199. The van der Waals surface area contributed by atoms with Crippen LogP contribution in [0.2, 0.25) is 0 Å². The molecule has 0 amide bonds. The predicted molar refractivity (Wildman–Crippen MR) is 179 cm³/mol. The number of hydrogen-bond acceptors (Lipinski definition) is 14. The molecule has 0 atom stereocenters. The van der Waals surface area contributed by atoms with E-state index < -0.39 is 4.92 Å². The molecular weight excluding hydrogens is 692 g/mol. The summed E-state index contributed by atoms with van der Waals surface area (Å²) in [6.45, 7) is 8.76. The fourth-order valence-electron chi connectivity index (χ4n) is 3.99. The number of halogens is 1. The second-order valence-corrected chi connectivity index (χ2v) is 10.4. The van der Waals surface area contributed by atoms with Crippen LogP contribution in [0.3, 0.4) is 0 Å². The lowest BCUT2D eigenvalue weighted by Crippen LogP contribution is -1.96. The number of nitrogens with one attached hydrogen (secondary N) is 3. The summed E-state index contributed by atoms with van der Waals surface area (Å²) in [7, 11) is 0. The topological polar surface area (TPSA) is 292 Å². The molecule has 18 nitrogen and oxygen atoms in total. The summed E-state index contributed by atoms with van der Waals surface area (Å²) in [6, 6.07) is 11.3. The number of nitrogen functional groups attached to an aromatic ring is 1. The van der Waals surface area contributed by atoms with Gasteiger partial charge in [-0.2, -0.15) is 28.8 Å². The summed E-state index contributed by atoms with van der Waals surface area (Å²) in [4.78, 5) is 100. The Morgan fingerprint density at radius 1 is 0.706 bits per heavy atom. The average molecular weight is 723 g/mol. The standard InChI is InChI=1S/C11H12N2O.C8H7N3O2.C8H9N3.C2H3ClO.3CO2/c1-7-3-10-5-9(4-8(2)14)6-12-11(10)13-7;1-5-2-6-3-7(11(12)13)4-9-8(6)10-5;1-5-2-6-3-7(9)4-10-8(6)11-5;1-2(3)4;3*2-1-3/h3,5-6H,4H2,1-2H3,(H,12,13);2-4H,1H3,(H,9,10);2-4H,9H2,1H3,(H,10,11);1H3;;;. The van der Waals surface area contributed by atoms with Crippen molar-refractivity contribution in [3.05, 3.63) is 87.7 Å². The Hall–Kier alpha value is -6.96. The number of aryl methyl sites for hydroxylation is 3. The molecule has 19 heteroatoms. The molecule has 0 aliphatic carbocycles. The van der Waals surface area contributed by atoms with E-state index in [1.807, 2.05) is 51.1 Å². The van der Waals surface area contributed by atoms with Crippen LogP contribution in [-0.2, 0) is 44.8 Å². The minimum Gasteiger partial charge on any atom is -0.397 e. The van der Waals surface area contributed by atoms with Crippen LogP contribution in [-0.4, -0.2) is 64.3 Å². The summed E-state index contributed by atoms with van der Waals surface area (Å²) in [6.07, 6.45) is 5.86. The Morgan fingerprint density at radius 2 is 1.06 bits per heavy atom. The molecule has 0 unspecified atom stereocenters. The highest BCUT2D eigenvalue weighted by molar-refractivity contribution is 6.62. The van der Waals surface area contributed by atoms with Crippen molar-refractivity contribution in [3.63, 3.8) is 0 Å². The van der Waals surface area contributed by atoms with Crippen LogP contribution >= 0.6 is 11.6 Å². The van der Waals surface area contributed by atoms with Gasteiger partial charge in [-0.1, -0.05) is 0 Å². The Balaban J connectivity index is 0.000000631. The van der Waals surface area contributed by atoms with E-state index in [1.165, 1.54) is 19.2 Å². The zero-order chi connectivity index (χ0) is 39.1.